The fourth-order valence-electron chi connectivity index (χ4n) is 1.55. The fraction of sp³-hybridized carbons (Fsp3) is 0.833. The fourth-order valence-corrected chi connectivity index (χ4v) is 1.55. The number of ether oxygens (including phenoxy) is 3. The predicted octanol–water partition coefficient (Wildman–Crippen LogP) is 0.408. The van der Waals surface area contributed by atoms with Crippen LogP contribution in [-0.2, 0) is 14.2 Å². The molecule has 0 saturated heterocycles. The molecule has 110 valence electrons. The minimum Gasteiger partial charge on any atom is -0.378 e. The molecule has 0 bridgehead atoms. The lowest BCUT2D eigenvalue weighted by Crippen LogP contribution is -2.51. The molecule has 0 radical (unpaired) electrons. The summed E-state index contributed by atoms with van der Waals surface area (Å²) in [5.41, 5.74) is 0. The summed E-state index contributed by atoms with van der Waals surface area (Å²) in [6, 6.07) is 0. The molecule has 1 aliphatic heterocycles. The van der Waals surface area contributed by atoms with E-state index in [1.165, 1.54) is 5.01 Å². The average molecular weight is 272 g/mol. The minimum absolute atomic E-state index is 0.275. The minimum atomic E-state index is -0.275. The Kier molecular flexibility index (Phi) is 7.57. The summed E-state index contributed by atoms with van der Waals surface area (Å²) in [6.45, 7) is 8.82. The first-order valence-corrected chi connectivity index (χ1v) is 6.64. The van der Waals surface area contributed by atoms with E-state index in [4.69, 9.17) is 20.1 Å². The summed E-state index contributed by atoms with van der Waals surface area (Å²) in [4.78, 5) is 8.78. The van der Waals surface area contributed by atoms with Crippen molar-refractivity contribution in [3.8, 4) is 0 Å². The van der Waals surface area contributed by atoms with Crippen LogP contribution in [0.1, 0.15) is 20.8 Å². The molecule has 0 aromatic carbocycles. The molecule has 0 saturated carbocycles. The van der Waals surface area contributed by atoms with E-state index in [9.17, 15) is 0 Å². The van der Waals surface area contributed by atoms with E-state index in [0.717, 1.165) is 0 Å². The van der Waals surface area contributed by atoms with Crippen LogP contribution in [0.15, 0.2) is 9.98 Å². The van der Waals surface area contributed by atoms with Gasteiger partial charge in [-0.05, 0) is 20.8 Å². The molecule has 1 aliphatic rings. The zero-order valence-electron chi connectivity index (χ0n) is 12.0. The van der Waals surface area contributed by atoms with Crippen LogP contribution in [0, 0.1) is 0 Å². The van der Waals surface area contributed by atoms with Crippen LogP contribution >= 0.6 is 0 Å². The molecular formula is C12H24N4O3. The quantitative estimate of drug-likeness (QED) is 0.615. The van der Waals surface area contributed by atoms with Crippen LogP contribution in [0.25, 0.3) is 0 Å². The third kappa shape index (κ3) is 5.23. The van der Waals surface area contributed by atoms with E-state index in [1.54, 1.807) is 0 Å². The number of nitrogens with zero attached hydrogens (tertiary/aromatic N) is 3. The van der Waals surface area contributed by atoms with Crippen LogP contribution in [0.3, 0.4) is 0 Å². The van der Waals surface area contributed by atoms with Crippen LogP contribution in [0.2, 0.25) is 0 Å². The van der Waals surface area contributed by atoms with Gasteiger partial charge in [-0.1, -0.05) is 0 Å². The van der Waals surface area contributed by atoms with E-state index < -0.39 is 0 Å². The SMILES string of the molecule is CCOCC1=NC(COCC)N(N)C(COCC)=N1. The van der Waals surface area contributed by atoms with Crippen LogP contribution in [-0.4, -0.2) is 62.5 Å². The van der Waals surface area contributed by atoms with Gasteiger partial charge in [-0.3, -0.25) is 5.01 Å². The highest BCUT2D eigenvalue weighted by molar-refractivity contribution is 5.99. The van der Waals surface area contributed by atoms with Crippen molar-refractivity contribution in [3.63, 3.8) is 0 Å². The first kappa shape index (κ1) is 16.0. The molecule has 0 aromatic heterocycles. The van der Waals surface area contributed by atoms with Crippen molar-refractivity contribution in [3.05, 3.63) is 0 Å². The van der Waals surface area contributed by atoms with Gasteiger partial charge in [-0.2, -0.15) is 0 Å². The highest BCUT2D eigenvalue weighted by Gasteiger charge is 2.24. The summed E-state index contributed by atoms with van der Waals surface area (Å²) >= 11 is 0. The molecule has 0 fully saturated rings. The van der Waals surface area contributed by atoms with Gasteiger partial charge >= 0.3 is 0 Å². The second kappa shape index (κ2) is 8.98. The summed E-state index contributed by atoms with van der Waals surface area (Å²) < 4.78 is 16.1. The summed E-state index contributed by atoms with van der Waals surface area (Å²) in [6.07, 6.45) is -0.275. The molecule has 7 nitrogen and oxygen atoms in total. The van der Waals surface area contributed by atoms with Gasteiger partial charge in [0.25, 0.3) is 0 Å². The molecule has 7 heteroatoms. The number of nitrogens with two attached hydrogens (primary N) is 1. The Morgan fingerprint density at radius 2 is 1.68 bits per heavy atom. The molecule has 0 amide bonds. The number of hydrazine groups is 1. The van der Waals surface area contributed by atoms with Gasteiger partial charge < -0.3 is 14.2 Å². The number of rotatable bonds is 9. The van der Waals surface area contributed by atoms with Crippen molar-refractivity contribution in [2.24, 2.45) is 15.8 Å². The van der Waals surface area contributed by atoms with E-state index >= 15 is 0 Å². The van der Waals surface area contributed by atoms with Crippen molar-refractivity contribution in [2.75, 3.05) is 39.6 Å². The summed E-state index contributed by atoms with van der Waals surface area (Å²) in [7, 11) is 0. The summed E-state index contributed by atoms with van der Waals surface area (Å²) in [5.74, 6) is 7.27. The van der Waals surface area contributed by atoms with Gasteiger partial charge in [-0.25, -0.2) is 15.8 Å². The first-order valence-electron chi connectivity index (χ1n) is 6.64. The monoisotopic (exact) mass is 272 g/mol. The van der Waals surface area contributed by atoms with E-state index in [1.807, 2.05) is 20.8 Å². The average Bonchev–Trinajstić information content (AvgIpc) is 2.43. The maximum absolute atomic E-state index is 5.99. The van der Waals surface area contributed by atoms with Crippen LogP contribution in [0.4, 0.5) is 0 Å². The Morgan fingerprint density at radius 1 is 1.05 bits per heavy atom. The third-order valence-corrected chi connectivity index (χ3v) is 2.52. The largest absolute Gasteiger partial charge is 0.378 e. The molecule has 19 heavy (non-hydrogen) atoms. The Morgan fingerprint density at radius 3 is 2.32 bits per heavy atom. The third-order valence-electron chi connectivity index (χ3n) is 2.52. The molecule has 1 heterocycles. The number of hydrogen-bond acceptors (Lipinski definition) is 7. The van der Waals surface area contributed by atoms with E-state index in [0.29, 0.717) is 51.3 Å². The van der Waals surface area contributed by atoms with E-state index in [-0.39, 0.29) is 6.17 Å². The second-order valence-corrected chi connectivity index (χ2v) is 3.89. The van der Waals surface area contributed by atoms with Gasteiger partial charge in [0, 0.05) is 19.8 Å². The van der Waals surface area contributed by atoms with Crippen molar-refractivity contribution < 1.29 is 14.2 Å². The Balaban J connectivity index is 2.71. The van der Waals surface area contributed by atoms with Crippen LogP contribution < -0.4 is 5.84 Å². The van der Waals surface area contributed by atoms with Gasteiger partial charge in [0.15, 0.2) is 12.0 Å². The zero-order valence-corrected chi connectivity index (χ0v) is 12.0. The molecule has 0 spiro atoms. The molecule has 2 N–H and O–H groups in total. The van der Waals surface area contributed by atoms with Crippen molar-refractivity contribution in [1.82, 2.24) is 5.01 Å². The van der Waals surface area contributed by atoms with Crippen molar-refractivity contribution in [1.29, 1.82) is 0 Å². The highest BCUT2D eigenvalue weighted by atomic mass is 16.5. The normalized spacial score (nSPS) is 19.4. The predicted molar refractivity (Wildman–Crippen MR) is 74.2 cm³/mol. The molecule has 1 unspecified atom stereocenters. The Hall–Kier alpha value is -1.02. The smallest absolute Gasteiger partial charge is 0.161 e. The molecule has 1 atom stereocenters. The molecule has 0 aromatic rings. The molecule has 1 rings (SSSR count). The van der Waals surface area contributed by atoms with Gasteiger partial charge in [-0.15, -0.1) is 0 Å². The molecular weight excluding hydrogens is 248 g/mol. The lowest BCUT2D eigenvalue weighted by Gasteiger charge is -2.30. The Bertz CT molecular complexity index is 320. The highest BCUT2D eigenvalue weighted by Crippen LogP contribution is 2.08. The van der Waals surface area contributed by atoms with Gasteiger partial charge in [0.05, 0.1) is 6.61 Å². The lowest BCUT2D eigenvalue weighted by atomic mass is 10.4. The first-order chi connectivity index (χ1) is 9.22. The van der Waals surface area contributed by atoms with Crippen molar-refractivity contribution >= 4 is 11.7 Å². The number of amidine groups is 2. The van der Waals surface area contributed by atoms with Gasteiger partial charge in [0.1, 0.15) is 19.0 Å². The topological polar surface area (TPSA) is 81.7 Å². The number of hydrogen-bond donors (Lipinski definition) is 1. The van der Waals surface area contributed by atoms with Crippen LogP contribution in [0.5, 0.6) is 0 Å². The standard InChI is InChI=1S/C12H24N4O3/c1-4-17-7-10-14-11(8-18-5-2)16(13)12(15-10)9-19-6-3/h11H,4-9,13H2,1-3H3. The Labute approximate surface area is 114 Å². The maximum atomic E-state index is 5.99. The second-order valence-electron chi connectivity index (χ2n) is 3.89. The zero-order chi connectivity index (χ0) is 14.1. The summed E-state index contributed by atoms with van der Waals surface area (Å²) in [5, 5.41) is 1.50. The molecule has 0 aliphatic carbocycles. The van der Waals surface area contributed by atoms with E-state index in [2.05, 4.69) is 9.98 Å². The van der Waals surface area contributed by atoms with Gasteiger partial charge in [0.2, 0.25) is 0 Å². The maximum Gasteiger partial charge on any atom is 0.161 e. The number of aliphatic imine (C=N–C) groups is 2. The lowest BCUT2D eigenvalue weighted by molar-refractivity contribution is 0.0895. The van der Waals surface area contributed by atoms with Crippen molar-refractivity contribution in [2.45, 2.75) is 26.9 Å².